The van der Waals surface area contributed by atoms with Crippen molar-refractivity contribution in [1.29, 1.82) is 0 Å². The molecule has 1 N–H and O–H groups in total. The number of nitrogens with zero attached hydrogens (tertiary/aromatic N) is 1. The van der Waals surface area contributed by atoms with Crippen molar-refractivity contribution < 1.29 is 17.6 Å². The van der Waals surface area contributed by atoms with Crippen LogP contribution in [0.15, 0.2) is 47.4 Å². The minimum Gasteiger partial charge on any atom is -0.322 e. The number of amides is 1. The lowest BCUT2D eigenvalue weighted by Crippen LogP contribution is -2.23. The number of hydrogen-bond donors (Lipinski definition) is 1. The minimum atomic E-state index is -3.69. The zero-order valence-electron chi connectivity index (χ0n) is 12.4. The van der Waals surface area contributed by atoms with Crippen LogP contribution in [0.1, 0.15) is 10.4 Å². The van der Waals surface area contributed by atoms with Crippen molar-refractivity contribution in [2.75, 3.05) is 19.4 Å². The molecule has 23 heavy (non-hydrogen) atoms. The standard InChI is InChI=1S/C15H14ClFN2O3S/c1-19(2)23(21,22)12-6-7-14(16)13(9-12)15(20)18-11-5-3-4-10(17)8-11/h3-9H,1-2H3,(H,18,20). The summed E-state index contributed by atoms with van der Waals surface area (Å²) in [4.78, 5) is 12.2. The van der Waals surface area contributed by atoms with Crippen LogP contribution < -0.4 is 5.32 Å². The Morgan fingerprint density at radius 1 is 1.17 bits per heavy atom. The second-order valence-electron chi connectivity index (χ2n) is 4.89. The second-order valence-corrected chi connectivity index (χ2v) is 7.45. The summed E-state index contributed by atoms with van der Waals surface area (Å²) < 4.78 is 38.4. The van der Waals surface area contributed by atoms with E-state index in [9.17, 15) is 17.6 Å². The second kappa shape index (κ2) is 6.66. The van der Waals surface area contributed by atoms with Crippen LogP contribution in [-0.4, -0.2) is 32.7 Å². The summed E-state index contributed by atoms with van der Waals surface area (Å²) in [5.74, 6) is -1.13. The fraction of sp³-hybridized carbons (Fsp3) is 0.133. The van der Waals surface area contributed by atoms with Crippen molar-refractivity contribution in [1.82, 2.24) is 4.31 Å². The molecule has 0 saturated heterocycles. The molecular formula is C15H14ClFN2O3S. The van der Waals surface area contributed by atoms with Crippen molar-refractivity contribution in [3.05, 3.63) is 58.9 Å². The molecule has 0 aliphatic carbocycles. The summed E-state index contributed by atoms with van der Waals surface area (Å²) in [6.45, 7) is 0. The van der Waals surface area contributed by atoms with Gasteiger partial charge in [-0.3, -0.25) is 4.79 Å². The SMILES string of the molecule is CN(C)S(=O)(=O)c1ccc(Cl)c(C(=O)Nc2cccc(F)c2)c1. The van der Waals surface area contributed by atoms with E-state index >= 15 is 0 Å². The van der Waals surface area contributed by atoms with E-state index < -0.39 is 21.7 Å². The molecule has 0 unspecified atom stereocenters. The third-order valence-corrected chi connectivity index (χ3v) is 5.18. The predicted molar refractivity (Wildman–Crippen MR) is 86.7 cm³/mol. The zero-order valence-corrected chi connectivity index (χ0v) is 14.0. The largest absolute Gasteiger partial charge is 0.322 e. The van der Waals surface area contributed by atoms with Gasteiger partial charge >= 0.3 is 0 Å². The lowest BCUT2D eigenvalue weighted by Gasteiger charge is -2.13. The molecule has 8 heteroatoms. The van der Waals surface area contributed by atoms with E-state index in [2.05, 4.69) is 5.32 Å². The Balaban J connectivity index is 2.37. The number of nitrogens with one attached hydrogen (secondary N) is 1. The number of anilines is 1. The molecule has 0 aromatic heterocycles. The van der Waals surface area contributed by atoms with E-state index in [1.807, 2.05) is 0 Å². The third kappa shape index (κ3) is 3.87. The van der Waals surface area contributed by atoms with Crippen molar-refractivity contribution in [3.63, 3.8) is 0 Å². The van der Waals surface area contributed by atoms with Crippen molar-refractivity contribution in [2.45, 2.75) is 4.90 Å². The van der Waals surface area contributed by atoms with Crippen LogP contribution in [0, 0.1) is 5.82 Å². The molecule has 0 bridgehead atoms. The number of rotatable bonds is 4. The predicted octanol–water partition coefficient (Wildman–Crippen LogP) is 2.98. The average molecular weight is 357 g/mol. The molecule has 0 fully saturated rings. The third-order valence-electron chi connectivity index (χ3n) is 3.04. The fourth-order valence-electron chi connectivity index (χ4n) is 1.81. The monoisotopic (exact) mass is 356 g/mol. The van der Waals surface area contributed by atoms with Crippen LogP contribution in [-0.2, 0) is 10.0 Å². The van der Waals surface area contributed by atoms with Gasteiger partial charge in [0.2, 0.25) is 10.0 Å². The lowest BCUT2D eigenvalue weighted by atomic mass is 10.2. The van der Waals surface area contributed by atoms with Gasteiger partial charge in [0.05, 0.1) is 15.5 Å². The Bertz CT molecular complexity index is 854. The smallest absolute Gasteiger partial charge is 0.257 e. The van der Waals surface area contributed by atoms with Crippen LogP contribution in [0.5, 0.6) is 0 Å². The molecule has 2 aromatic carbocycles. The van der Waals surface area contributed by atoms with Gasteiger partial charge in [0.25, 0.3) is 5.91 Å². The maximum absolute atomic E-state index is 13.1. The number of hydrogen-bond acceptors (Lipinski definition) is 3. The fourth-order valence-corrected chi connectivity index (χ4v) is 2.95. The quantitative estimate of drug-likeness (QED) is 0.915. The first kappa shape index (κ1) is 17.4. The van der Waals surface area contributed by atoms with Gasteiger partial charge in [0, 0.05) is 19.8 Å². The molecule has 122 valence electrons. The lowest BCUT2D eigenvalue weighted by molar-refractivity contribution is 0.102. The van der Waals surface area contributed by atoms with Crippen LogP contribution in [0.25, 0.3) is 0 Å². The van der Waals surface area contributed by atoms with Gasteiger partial charge in [0.1, 0.15) is 5.82 Å². The van der Waals surface area contributed by atoms with E-state index in [4.69, 9.17) is 11.6 Å². The first-order chi connectivity index (χ1) is 10.7. The molecule has 0 radical (unpaired) electrons. The van der Waals surface area contributed by atoms with E-state index in [1.165, 1.54) is 50.5 Å². The maximum atomic E-state index is 13.1. The van der Waals surface area contributed by atoms with Gasteiger partial charge in [-0.05, 0) is 36.4 Å². The number of sulfonamides is 1. The van der Waals surface area contributed by atoms with Gasteiger partial charge in [0.15, 0.2) is 0 Å². The van der Waals surface area contributed by atoms with Crippen molar-refractivity contribution >= 4 is 33.2 Å². The van der Waals surface area contributed by atoms with Crippen LogP contribution >= 0.6 is 11.6 Å². The number of carbonyl (C=O) groups is 1. The molecule has 0 heterocycles. The molecule has 2 rings (SSSR count). The highest BCUT2D eigenvalue weighted by atomic mass is 35.5. The number of benzene rings is 2. The van der Waals surface area contributed by atoms with E-state index in [-0.39, 0.29) is 21.2 Å². The Kier molecular flexibility index (Phi) is 5.03. The highest BCUT2D eigenvalue weighted by Gasteiger charge is 2.20. The highest BCUT2D eigenvalue weighted by molar-refractivity contribution is 7.89. The summed E-state index contributed by atoms with van der Waals surface area (Å²) in [5, 5.41) is 2.57. The molecule has 2 aromatic rings. The van der Waals surface area contributed by atoms with E-state index in [1.54, 1.807) is 0 Å². The normalized spacial score (nSPS) is 11.5. The topological polar surface area (TPSA) is 66.5 Å². The Labute approximate surface area is 138 Å². The first-order valence-corrected chi connectivity index (χ1v) is 8.32. The molecule has 0 atom stereocenters. The molecule has 0 saturated carbocycles. The van der Waals surface area contributed by atoms with Gasteiger partial charge < -0.3 is 5.32 Å². The minimum absolute atomic E-state index is 0.0150. The van der Waals surface area contributed by atoms with Gasteiger partial charge in [-0.1, -0.05) is 17.7 Å². The summed E-state index contributed by atoms with van der Waals surface area (Å²) in [6, 6.07) is 9.18. The summed E-state index contributed by atoms with van der Waals surface area (Å²) in [6.07, 6.45) is 0. The maximum Gasteiger partial charge on any atom is 0.257 e. The van der Waals surface area contributed by atoms with Gasteiger partial charge in [-0.2, -0.15) is 0 Å². The zero-order chi connectivity index (χ0) is 17.2. The molecule has 0 spiro atoms. The number of carbonyl (C=O) groups excluding carboxylic acids is 1. The molecule has 1 amide bonds. The van der Waals surface area contributed by atoms with E-state index in [0.717, 1.165) is 10.4 Å². The van der Waals surface area contributed by atoms with Gasteiger partial charge in [-0.15, -0.1) is 0 Å². The van der Waals surface area contributed by atoms with Crippen LogP contribution in [0.2, 0.25) is 5.02 Å². The van der Waals surface area contributed by atoms with Crippen molar-refractivity contribution in [3.8, 4) is 0 Å². The van der Waals surface area contributed by atoms with Crippen LogP contribution in [0.3, 0.4) is 0 Å². The number of halogens is 2. The van der Waals surface area contributed by atoms with Crippen LogP contribution in [0.4, 0.5) is 10.1 Å². The molecule has 0 aliphatic heterocycles. The average Bonchev–Trinajstić information content (AvgIpc) is 2.47. The molecule has 5 nitrogen and oxygen atoms in total. The van der Waals surface area contributed by atoms with Crippen molar-refractivity contribution in [2.24, 2.45) is 0 Å². The Morgan fingerprint density at radius 3 is 2.48 bits per heavy atom. The van der Waals surface area contributed by atoms with Gasteiger partial charge in [-0.25, -0.2) is 17.1 Å². The molecular weight excluding hydrogens is 343 g/mol. The summed E-state index contributed by atoms with van der Waals surface area (Å²) in [7, 11) is -0.924. The Hall–Kier alpha value is -1.96. The molecule has 0 aliphatic rings. The van der Waals surface area contributed by atoms with E-state index in [0.29, 0.717) is 0 Å². The highest BCUT2D eigenvalue weighted by Crippen LogP contribution is 2.23. The summed E-state index contributed by atoms with van der Waals surface area (Å²) in [5.41, 5.74) is 0.228. The Morgan fingerprint density at radius 2 is 1.87 bits per heavy atom. The summed E-state index contributed by atoms with van der Waals surface area (Å²) >= 11 is 5.97. The first-order valence-electron chi connectivity index (χ1n) is 6.51.